The molecular weight excluding hydrogens is 250 g/mol. The van der Waals surface area contributed by atoms with Gasteiger partial charge in [0.25, 0.3) is 0 Å². The zero-order valence-electron chi connectivity index (χ0n) is 12.4. The quantitative estimate of drug-likeness (QED) is 0.719. The highest BCUT2D eigenvalue weighted by molar-refractivity contribution is 5.81. The minimum absolute atomic E-state index is 0.306. The molecule has 112 valence electrons. The normalized spacial score (nSPS) is 14.4. The Labute approximate surface area is 114 Å². The number of carbonyl (C=O) groups is 2. The molecule has 0 heterocycles. The number of ether oxygens (including phenoxy) is 2. The zero-order chi connectivity index (χ0) is 15.1. The van der Waals surface area contributed by atoms with Crippen molar-refractivity contribution in [2.24, 2.45) is 0 Å². The van der Waals surface area contributed by atoms with Crippen LogP contribution in [0.2, 0.25) is 0 Å². The van der Waals surface area contributed by atoms with Crippen LogP contribution in [0.1, 0.15) is 47.0 Å². The molecule has 0 aliphatic rings. The third-order valence-corrected chi connectivity index (χ3v) is 2.44. The highest BCUT2D eigenvalue weighted by Crippen LogP contribution is 2.09. The predicted octanol–water partition coefficient (Wildman–Crippen LogP) is 1.60. The van der Waals surface area contributed by atoms with Gasteiger partial charge in [0.1, 0.15) is 11.6 Å². The van der Waals surface area contributed by atoms with E-state index in [-0.39, 0.29) is 0 Å². The van der Waals surface area contributed by atoms with Crippen LogP contribution in [0.3, 0.4) is 0 Å². The number of nitrogens with one attached hydrogen (secondary N) is 1. The van der Waals surface area contributed by atoms with Crippen molar-refractivity contribution in [3.8, 4) is 0 Å². The lowest BCUT2D eigenvalue weighted by Crippen LogP contribution is -2.44. The van der Waals surface area contributed by atoms with E-state index in [1.54, 1.807) is 20.8 Å². The maximum atomic E-state index is 11.6. The molecule has 0 aromatic heterocycles. The molecule has 6 nitrogen and oxygen atoms in total. The molecule has 0 saturated heterocycles. The number of aliphatic hydroxyl groups excluding tert-OH is 1. The summed E-state index contributed by atoms with van der Waals surface area (Å²) in [5, 5.41) is 11.9. The second-order valence-electron chi connectivity index (χ2n) is 5.36. The van der Waals surface area contributed by atoms with Crippen molar-refractivity contribution in [1.29, 1.82) is 0 Å². The van der Waals surface area contributed by atoms with Gasteiger partial charge in [-0.05, 0) is 40.0 Å². The van der Waals surface area contributed by atoms with E-state index in [0.717, 1.165) is 0 Å². The molecule has 2 atom stereocenters. The molecule has 2 N–H and O–H groups in total. The first kappa shape index (κ1) is 17.7. The number of hydrogen-bond acceptors (Lipinski definition) is 5. The fourth-order valence-corrected chi connectivity index (χ4v) is 1.40. The van der Waals surface area contributed by atoms with Gasteiger partial charge in [-0.1, -0.05) is 6.92 Å². The van der Waals surface area contributed by atoms with Gasteiger partial charge in [-0.25, -0.2) is 9.59 Å². The highest BCUT2D eigenvalue weighted by Gasteiger charge is 2.25. The van der Waals surface area contributed by atoms with Crippen LogP contribution in [-0.2, 0) is 14.3 Å². The Morgan fingerprint density at radius 2 is 1.84 bits per heavy atom. The smallest absolute Gasteiger partial charge is 0.408 e. The average Bonchev–Trinajstić information content (AvgIpc) is 2.30. The second kappa shape index (κ2) is 7.99. The number of aliphatic hydroxyl groups is 1. The molecule has 0 bridgehead atoms. The van der Waals surface area contributed by atoms with Crippen molar-refractivity contribution >= 4 is 12.1 Å². The van der Waals surface area contributed by atoms with Crippen LogP contribution in [0.25, 0.3) is 0 Å². The van der Waals surface area contributed by atoms with Crippen molar-refractivity contribution in [1.82, 2.24) is 5.32 Å². The number of hydrogen-bond donors (Lipinski definition) is 2. The van der Waals surface area contributed by atoms with Gasteiger partial charge in [-0.3, -0.25) is 0 Å². The Morgan fingerprint density at radius 3 is 2.26 bits per heavy atom. The van der Waals surface area contributed by atoms with E-state index in [2.05, 4.69) is 10.1 Å². The molecule has 0 aromatic rings. The minimum atomic E-state index is -0.805. The summed E-state index contributed by atoms with van der Waals surface area (Å²) in [6, 6.07) is -0.805. The summed E-state index contributed by atoms with van der Waals surface area (Å²) in [6.07, 6.45) is 0.148. The van der Waals surface area contributed by atoms with Gasteiger partial charge in [0.05, 0.1) is 13.2 Å². The Kier molecular flexibility index (Phi) is 7.44. The molecule has 0 rings (SSSR count). The molecular formula is C13H25NO5. The molecule has 0 spiro atoms. The monoisotopic (exact) mass is 275 g/mol. The molecule has 0 fully saturated rings. The SMILES string of the molecule is CCC(O)CCC(NC(=O)OC(C)(C)C)C(=O)OC. The Bertz CT molecular complexity index is 298. The molecule has 6 heteroatoms. The van der Waals surface area contributed by atoms with Gasteiger partial charge in [0.2, 0.25) is 0 Å². The maximum absolute atomic E-state index is 11.6. The Balaban J connectivity index is 4.43. The summed E-state index contributed by atoms with van der Waals surface area (Å²) in [5.41, 5.74) is -0.631. The predicted molar refractivity (Wildman–Crippen MR) is 70.7 cm³/mol. The Hall–Kier alpha value is -1.30. The van der Waals surface area contributed by atoms with E-state index in [0.29, 0.717) is 19.3 Å². The van der Waals surface area contributed by atoms with Crippen LogP contribution in [0.5, 0.6) is 0 Å². The van der Waals surface area contributed by atoms with Crippen LogP contribution in [-0.4, -0.2) is 42.0 Å². The molecule has 2 unspecified atom stereocenters. The lowest BCUT2D eigenvalue weighted by Gasteiger charge is -2.23. The van der Waals surface area contributed by atoms with E-state index >= 15 is 0 Å². The van der Waals surface area contributed by atoms with E-state index in [4.69, 9.17) is 4.74 Å². The summed E-state index contributed by atoms with van der Waals surface area (Å²) < 4.78 is 9.69. The van der Waals surface area contributed by atoms with Crippen LogP contribution in [0, 0.1) is 0 Å². The number of esters is 1. The van der Waals surface area contributed by atoms with Crippen LogP contribution in [0.4, 0.5) is 4.79 Å². The fraction of sp³-hybridized carbons (Fsp3) is 0.846. The average molecular weight is 275 g/mol. The van der Waals surface area contributed by atoms with Gasteiger partial charge >= 0.3 is 12.1 Å². The third-order valence-electron chi connectivity index (χ3n) is 2.44. The molecule has 0 saturated carbocycles. The van der Waals surface area contributed by atoms with Crippen molar-refractivity contribution < 1.29 is 24.2 Å². The topological polar surface area (TPSA) is 84.9 Å². The number of amides is 1. The number of carbonyl (C=O) groups excluding carboxylic acids is 2. The summed E-state index contributed by atoms with van der Waals surface area (Å²) in [6.45, 7) is 7.06. The van der Waals surface area contributed by atoms with Crippen molar-refractivity contribution in [2.45, 2.75) is 64.7 Å². The zero-order valence-corrected chi connectivity index (χ0v) is 12.4. The minimum Gasteiger partial charge on any atom is -0.467 e. The van der Waals surface area contributed by atoms with E-state index < -0.39 is 29.8 Å². The first-order valence-electron chi connectivity index (χ1n) is 6.45. The standard InChI is InChI=1S/C13H25NO5/c1-6-9(15)7-8-10(11(16)18-5)14-12(17)19-13(2,3)4/h9-10,15H,6-8H2,1-5H3,(H,14,17). The number of methoxy groups -OCH3 is 1. The molecule has 0 radical (unpaired) electrons. The van der Waals surface area contributed by atoms with E-state index in [1.165, 1.54) is 7.11 Å². The molecule has 1 amide bonds. The molecule has 19 heavy (non-hydrogen) atoms. The van der Waals surface area contributed by atoms with Crippen molar-refractivity contribution in [3.63, 3.8) is 0 Å². The number of alkyl carbamates (subject to hydrolysis) is 1. The van der Waals surface area contributed by atoms with Crippen LogP contribution < -0.4 is 5.32 Å². The van der Waals surface area contributed by atoms with Gasteiger partial charge in [-0.2, -0.15) is 0 Å². The van der Waals surface area contributed by atoms with Crippen molar-refractivity contribution in [3.05, 3.63) is 0 Å². The van der Waals surface area contributed by atoms with Gasteiger partial charge < -0.3 is 19.9 Å². The van der Waals surface area contributed by atoms with Crippen LogP contribution >= 0.6 is 0 Å². The van der Waals surface area contributed by atoms with Gasteiger partial charge in [0.15, 0.2) is 0 Å². The summed E-state index contributed by atoms with van der Waals surface area (Å²) >= 11 is 0. The Morgan fingerprint density at radius 1 is 1.26 bits per heavy atom. The lowest BCUT2D eigenvalue weighted by molar-refractivity contribution is -0.143. The van der Waals surface area contributed by atoms with Gasteiger partial charge in [0, 0.05) is 0 Å². The molecule has 0 aliphatic heterocycles. The molecule has 0 aliphatic carbocycles. The van der Waals surface area contributed by atoms with E-state index in [1.807, 2.05) is 6.92 Å². The first-order chi connectivity index (χ1) is 8.69. The third kappa shape index (κ3) is 8.42. The summed E-state index contributed by atoms with van der Waals surface area (Å²) in [5.74, 6) is -0.547. The highest BCUT2D eigenvalue weighted by atomic mass is 16.6. The lowest BCUT2D eigenvalue weighted by atomic mass is 10.1. The van der Waals surface area contributed by atoms with Crippen LogP contribution in [0.15, 0.2) is 0 Å². The van der Waals surface area contributed by atoms with Crippen molar-refractivity contribution in [2.75, 3.05) is 7.11 Å². The maximum Gasteiger partial charge on any atom is 0.408 e. The summed E-state index contributed by atoms with van der Waals surface area (Å²) in [7, 11) is 1.25. The largest absolute Gasteiger partial charge is 0.467 e. The molecule has 0 aromatic carbocycles. The number of rotatable bonds is 6. The van der Waals surface area contributed by atoms with E-state index in [9.17, 15) is 14.7 Å². The fourth-order valence-electron chi connectivity index (χ4n) is 1.40. The second-order valence-corrected chi connectivity index (χ2v) is 5.36. The summed E-state index contributed by atoms with van der Waals surface area (Å²) in [4.78, 5) is 23.1. The first-order valence-corrected chi connectivity index (χ1v) is 6.45. The van der Waals surface area contributed by atoms with Gasteiger partial charge in [-0.15, -0.1) is 0 Å².